The fourth-order valence-electron chi connectivity index (χ4n) is 4.19. The van der Waals surface area contributed by atoms with E-state index in [1.807, 2.05) is 0 Å². The van der Waals surface area contributed by atoms with Gasteiger partial charge in [-0.05, 0) is 42.7 Å². The summed E-state index contributed by atoms with van der Waals surface area (Å²) in [5.74, 6) is -2.96. The molecule has 1 saturated heterocycles. The normalized spacial score (nSPS) is 16.2. The van der Waals surface area contributed by atoms with E-state index in [9.17, 15) is 22.8 Å². The number of piperidine rings is 1. The fourth-order valence-corrected chi connectivity index (χ4v) is 4.19. The van der Waals surface area contributed by atoms with Gasteiger partial charge in [-0.25, -0.2) is 22.8 Å². The van der Waals surface area contributed by atoms with Crippen LogP contribution in [-0.4, -0.2) is 48.9 Å². The number of nitrogens with zero attached hydrogens (tertiary/aromatic N) is 5. The predicted octanol–water partition coefficient (Wildman–Crippen LogP) is 3.00. The first-order valence-electron chi connectivity index (χ1n) is 10.7. The minimum absolute atomic E-state index is 0.0584. The molecular formula is C23H19F3N6O2. The number of likely N-dealkylation sites (tertiary alicyclic amines) is 1. The molecule has 1 aliphatic heterocycles. The van der Waals surface area contributed by atoms with Gasteiger partial charge in [-0.2, -0.15) is 0 Å². The Morgan fingerprint density at radius 3 is 2.56 bits per heavy atom. The molecule has 34 heavy (non-hydrogen) atoms. The summed E-state index contributed by atoms with van der Waals surface area (Å²) in [7, 11) is 0. The van der Waals surface area contributed by atoms with Gasteiger partial charge < -0.3 is 9.88 Å². The molecule has 0 bridgehead atoms. The minimum atomic E-state index is -0.921. The summed E-state index contributed by atoms with van der Waals surface area (Å²) in [6.07, 6.45) is 1.19. The Morgan fingerprint density at radius 1 is 1.09 bits per heavy atom. The van der Waals surface area contributed by atoms with Crippen molar-refractivity contribution in [2.75, 3.05) is 13.1 Å². The van der Waals surface area contributed by atoms with Crippen molar-refractivity contribution in [3.05, 3.63) is 87.2 Å². The van der Waals surface area contributed by atoms with Crippen molar-refractivity contribution in [3.8, 4) is 0 Å². The van der Waals surface area contributed by atoms with Crippen molar-refractivity contribution in [3.63, 3.8) is 0 Å². The van der Waals surface area contributed by atoms with Crippen LogP contribution in [-0.2, 0) is 6.54 Å². The monoisotopic (exact) mass is 468 g/mol. The van der Waals surface area contributed by atoms with Gasteiger partial charge in [0.25, 0.3) is 11.5 Å². The first kappa shape index (κ1) is 21.8. The number of aromatic amines is 1. The summed E-state index contributed by atoms with van der Waals surface area (Å²) >= 11 is 0. The van der Waals surface area contributed by atoms with Gasteiger partial charge in [0, 0.05) is 19.0 Å². The third-order valence-corrected chi connectivity index (χ3v) is 5.91. The molecule has 1 aliphatic rings. The standard InChI is InChI=1S/C23H19F3N6O2/c24-15-8-6-13(7-9-15)11-32-21-19(29-30-32)22(33)28-20(27-21)14-3-2-10-31(12-14)23(34)18-16(25)4-1-5-17(18)26/h1,4-9,14H,2-3,10-12H2,(H,27,28,33)/t14-/m0/s1. The second kappa shape index (κ2) is 8.73. The van der Waals surface area contributed by atoms with Crippen molar-refractivity contribution in [1.29, 1.82) is 0 Å². The Balaban J connectivity index is 1.44. The van der Waals surface area contributed by atoms with Crippen LogP contribution in [0.4, 0.5) is 13.2 Å². The molecule has 2 aromatic carbocycles. The molecule has 0 saturated carbocycles. The van der Waals surface area contributed by atoms with Crippen LogP contribution < -0.4 is 5.56 Å². The van der Waals surface area contributed by atoms with Crippen LogP contribution in [0.25, 0.3) is 11.2 Å². The summed E-state index contributed by atoms with van der Waals surface area (Å²) in [5.41, 5.74) is -0.0107. The summed E-state index contributed by atoms with van der Waals surface area (Å²) in [4.78, 5) is 34.1. The Bertz CT molecular complexity index is 1410. The SMILES string of the molecule is O=C(c1c(F)cccc1F)N1CCC[C@H](c2nc3c(nnn3Cc3ccc(F)cc3)c(=O)[nH]2)C1. The number of halogens is 3. The molecule has 5 rings (SSSR count). The second-order valence-electron chi connectivity index (χ2n) is 8.18. The molecule has 0 aliphatic carbocycles. The van der Waals surface area contributed by atoms with Crippen molar-refractivity contribution in [1.82, 2.24) is 29.9 Å². The van der Waals surface area contributed by atoms with Crippen LogP contribution in [0.2, 0.25) is 0 Å². The number of carbonyl (C=O) groups excluding carboxylic acids is 1. The Labute approximate surface area is 191 Å². The van der Waals surface area contributed by atoms with Crippen LogP contribution in [0.5, 0.6) is 0 Å². The first-order valence-corrected chi connectivity index (χ1v) is 10.7. The third kappa shape index (κ3) is 4.04. The number of fused-ring (bicyclic) bond motifs is 1. The maximum atomic E-state index is 14.1. The lowest BCUT2D eigenvalue weighted by Crippen LogP contribution is -2.40. The number of aromatic nitrogens is 5. The summed E-state index contributed by atoms with van der Waals surface area (Å²) in [6.45, 7) is 0.703. The molecule has 1 atom stereocenters. The van der Waals surface area contributed by atoms with Crippen LogP contribution in [0.3, 0.4) is 0 Å². The van der Waals surface area contributed by atoms with E-state index in [4.69, 9.17) is 0 Å². The average Bonchev–Trinajstić information content (AvgIpc) is 3.23. The van der Waals surface area contributed by atoms with Gasteiger partial charge in [-0.15, -0.1) is 5.10 Å². The molecule has 0 spiro atoms. The van der Waals surface area contributed by atoms with Crippen LogP contribution in [0.15, 0.2) is 47.3 Å². The number of hydrogen-bond acceptors (Lipinski definition) is 5. The Hall–Kier alpha value is -4.02. The maximum absolute atomic E-state index is 14.1. The van der Waals surface area contributed by atoms with E-state index in [0.717, 1.165) is 17.7 Å². The smallest absolute Gasteiger partial charge is 0.281 e. The molecule has 1 fully saturated rings. The van der Waals surface area contributed by atoms with E-state index in [1.165, 1.54) is 27.8 Å². The van der Waals surface area contributed by atoms with E-state index < -0.39 is 28.7 Å². The highest BCUT2D eigenvalue weighted by atomic mass is 19.1. The molecule has 8 nitrogen and oxygen atoms in total. The highest BCUT2D eigenvalue weighted by Gasteiger charge is 2.30. The lowest BCUT2D eigenvalue weighted by atomic mass is 9.96. The fraction of sp³-hybridized carbons (Fsp3) is 0.261. The molecule has 11 heteroatoms. The maximum Gasteiger partial charge on any atom is 0.281 e. The Morgan fingerprint density at radius 2 is 1.82 bits per heavy atom. The number of benzene rings is 2. The molecule has 2 aromatic heterocycles. The quantitative estimate of drug-likeness (QED) is 0.497. The van der Waals surface area contributed by atoms with Gasteiger partial charge in [-0.3, -0.25) is 9.59 Å². The number of amides is 1. The van der Waals surface area contributed by atoms with E-state index in [2.05, 4.69) is 20.3 Å². The molecule has 3 heterocycles. The van der Waals surface area contributed by atoms with Gasteiger partial charge in [-0.1, -0.05) is 23.4 Å². The second-order valence-corrected chi connectivity index (χ2v) is 8.18. The summed E-state index contributed by atoms with van der Waals surface area (Å²) < 4.78 is 42.9. The molecule has 1 amide bonds. The van der Waals surface area contributed by atoms with Gasteiger partial charge in [0.1, 0.15) is 28.8 Å². The summed E-state index contributed by atoms with van der Waals surface area (Å²) in [6, 6.07) is 9.14. The Kier molecular flexibility index (Phi) is 5.60. The number of carbonyl (C=O) groups is 1. The predicted molar refractivity (Wildman–Crippen MR) is 116 cm³/mol. The largest absolute Gasteiger partial charge is 0.338 e. The molecule has 0 radical (unpaired) electrons. The van der Waals surface area contributed by atoms with Crippen LogP contribution >= 0.6 is 0 Å². The van der Waals surface area contributed by atoms with Crippen molar-refractivity contribution >= 4 is 17.1 Å². The van der Waals surface area contributed by atoms with Gasteiger partial charge >= 0.3 is 0 Å². The number of H-pyrrole nitrogens is 1. The molecule has 1 N–H and O–H groups in total. The zero-order valence-electron chi connectivity index (χ0n) is 17.8. The van der Waals surface area contributed by atoms with Gasteiger partial charge in [0.2, 0.25) is 0 Å². The third-order valence-electron chi connectivity index (χ3n) is 5.91. The van der Waals surface area contributed by atoms with Gasteiger partial charge in [0.15, 0.2) is 11.2 Å². The first-order chi connectivity index (χ1) is 16.4. The van der Waals surface area contributed by atoms with E-state index in [1.54, 1.807) is 12.1 Å². The average molecular weight is 468 g/mol. The van der Waals surface area contributed by atoms with Gasteiger partial charge in [0.05, 0.1) is 6.54 Å². The van der Waals surface area contributed by atoms with E-state index in [-0.39, 0.29) is 36.0 Å². The zero-order valence-corrected chi connectivity index (χ0v) is 17.8. The topological polar surface area (TPSA) is 96.8 Å². The summed E-state index contributed by atoms with van der Waals surface area (Å²) in [5, 5.41) is 7.91. The molecular weight excluding hydrogens is 449 g/mol. The molecule has 4 aromatic rings. The molecule has 174 valence electrons. The van der Waals surface area contributed by atoms with Crippen molar-refractivity contribution in [2.45, 2.75) is 25.3 Å². The van der Waals surface area contributed by atoms with E-state index >= 15 is 0 Å². The lowest BCUT2D eigenvalue weighted by molar-refractivity contribution is 0.0694. The number of nitrogens with one attached hydrogen (secondary N) is 1. The lowest BCUT2D eigenvalue weighted by Gasteiger charge is -2.32. The zero-order chi connectivity index (χ0) is 23.8. The van der Waals surface area contributed by atoms with Crippen LogP contribution in [0.1, 0.15) is 40.5 Å². The van der Waals surface area contributed by atoms with Crippen LogP contribution in [0, 0.1) is 17.5 Å². The minimum Gasteiger partial charge on any atom is -0.338 e. The van der Waals surface area contributed by atoms with Crippen molar-refractivity contribution in [2.24, 2.45) is 0 Å². The number of hydrogen-bond donors (Lipinski definition) is 1. The highest BCUT2D eigenvalue weighted by Crippen LogP contribution is 2.27. The van der Waals surface area contributed by atoms with E-state index in [0.29, 0.717) is 25.2 Å². The molecule has 0 unspecified atom stereocenters. The van der Waals surface area contributed by atoms with Crippen molar-refractivity contribution < 1.29 is 18.0 Å². The number of rotatable bonds is 4. The highest BCUT2D eigenvalue weighted by molar-refractivity contribution is 5.94.